The molecule has 0 aromatic carbocycles. The number of nitrogens with one attached hydrogen (secondary N) is 3. The second-order valence-electron chi connectivity index (χ2n) is 6.83. The van der Waals surface area contributed by atoms with E-state index in [0.29, 0.717) is 13.0 Å². The summed E-state index contributed by atoms with van der Waals surface area (Å²) in [7, 11) is 4.85. The Morgan fingerprint density at radius 3 is 2.23 bits per heavy atom. The van der Waals surface area contributed by atoms with Crippen LogP contribution in [0, 0.1) is 0 Å². The molecule has 0 fully saturated rings. The smallest absolute Gasteiger partial charge is 0.224 e. The number of Topliss-reactive ketones (excluding diaryl/α,β-unsaturated/α-hetero) is 2. The molecule has 0 unspecified atom stereocenters. The van der Waals surface area contributed by atoms with E-state index in [0.717, 1.165) is 17.9 Å². The van der Waals surface area contributed by atoms with Gasteiger partial charge < -0.3 is 20.9 Å². The van der Waals surface area contributed by atoms with Crippen molar-refractivity contribution in [1.29, 1.82) is 0 Å². The molecule has 0 aliphatic carbocycles. The molecule has 3 amide bonds. The lowest BCUT2D eigenvalue weighted by Crippen LogP contribution is -2.41. The Balaban J connectivity index is 3.76. The molecule has 0 aromatic rings. The molecule has 3 N–H and O–H groups in total. The van der Waals surface area contributed by atoms with E-state index in [1.54, 1.807) is 28.5 Å². The zero-order valence-electron chi connectivity index (χ0n) is 18.2. The van der Waals surface area contributed by atoms with Crippen molar-refractivity contribution in [3.8, 4) is 0 Å². The number of ketones is 2. The second kappa shape index (κ2) is 17.1. The van der Waals surface area contributed by atoms with Gasteiger partial charge in [-0.1, -0.05) is 21.6 Å². The molecular formula is C19H34N4O5S2. The average Bonchev–Trinajstić information content (AvgIpc) is 2.67. The van der Waals surface area contributed by atoms with Crippen molar-refractivity contribution in [3.05, 3.63) is 0 Å². The Kier molecular flexibility index (Phi) is 16.2. The molecule has 0 rings (SSSR count). The molecular weight excluding hydrogens is 428 g/mol. The number of likely N-dealkylation sites (N-methyl/N-ethyl adjacent to an activating group) is 1. The molecule has 172 valence electrons. The monoisotopic (exact) mass is 462 g/mol. The van der Waals surface area contributed by atoms with E-state index in [-0.39, 0.29) is 55.3 Å². The summed E-state index contributed by atoms with van der Waals surface area (Å²) in [6.07, 6.45) is 1.25. The van der Waals surface area contributed by atoms with Crippen LogP contribution in [0.25, 0.3) is 0 Å². The summed E-state index contributed by atoms with van der Waals surface area (Å²) in [6.45, 7) is 5.46. The van der Waals surface area contributed by atoms with Gasteiger partial charge in [0.15, 0.2) is 5.78 Å². The van der Waals surface area contributed by atoms with Crippen molar-refractivity contribution in [2.45, 2.75) is 46.1 Å². The Morgan fingerprint density at radius 1 is 0.933 bits per heavy atom. The van der Waals surface area contributed by atoms with Crippen LogP contribution in [0.3, 0.4) is 0 Å². The lowest BCUT2D eigenvalue weighted by atomic mass is 10.2. The Bertz CT molecular complexity index is 589. The maximum Gasteiger partial charge on any atom is 0.224 e. The number of nitrogens with zero attached hydrogens (tertiary/aromatic N) is 1. The van der Waals surface area contributed by atoms with Gasteiger partial charge >= 0.3 is 0 Å². The largest absolute Gasteiger partial charge is 0.356 e. The SMILES string of the molecule is CC(=O)NCCSSCCCC(=O)NCCC(=O)N(C)CC(=O)CN[C@@H](C)C(C)=O. The second-order valence-corrected chi connectivity index (χ2v) is 9.53. The predicted octanol–water partition coefficient (Wildman–Crippen LogP) is 0.385. The van der Waals surface area contributed by atoms with E-state index < -0.39 is 6.04 Å². The van der Waals surface area contributed by atoms with Gasteiger partial charge in [0.2, 0.25) is 17.7 Å². The van der Waals surface area contributed by atoms with Gasteiger partial charge in [-0.15, -0.1) is 0 Å². The molecule has 0 bridgehead atoms. The minimum Gasteiger partial charge on any atom is -0.356 e. The standard InChI is InChI=1S/C19H34N4O5S2/c1-14(15(2)24)22-12-17(26)13-23(4)19(28)7-8-21-18(27)6-5-10-29-30-11-9-20-16(3)25/h14,22H,5-13H2,1-4H3,(H,20,25)(H,21,27)/t14-/m0/s1. The van der Waals surface area contributed by atoms with E-state index in [1.807, 2.05) is 0 Å². The summed E-state index contributed by atoms with van der Waals surface area (Å²) in [5, 5.41) is 8.24. The maximum atomic E-state index is 12.0. The van der Waals surface area contributed by atoms with Crippen LogP contribution in [0.4, 0.5) is 0 Å². The van der Waals surface area contributed by atoms with Crippen LogP contribution in [0.5, 0.6) is 0 Å². The topological polar surface area (TPSA) is 125 Å². The highest BCUT2D eigenvalue weighted by atomic mass is 33.1. The molecule has 0 aliphatic heterocycles. The fourth-order valence-electron chi connectivity index (χ4n) is 2.09. The molecule has 0 saturated heterocycles. The highest BCUT2D eigenvalue weighted by molar-refractivity contribution is 8.76. The van der Waals surface area contributed by atoms with E-state index in [4.69, 9.17) is 0 Å². The van der Waals surface area contributed by atoms with Crippen LogP contribution in [0.2, 0.25) is 0 Å². The number of amides is 3. The van der Waals surface area contributed by atoms with Crippen LogP contribution >= 0.6 is 21.6 Å². The van der Waals surface area contributed by atoms with Crippen molar-refractivity contribution in [1.82, 2.24) is 20.9 Å². The van der Waals surface area contributed by atoms with Crippen molar-refractivity contribution in [2.75, 3.05) is 44.7 Å². The van der Waals surface area contributed by atoms with Crippen LogP contribution in [0.1, 0.15) is 40.0 Å². The molecule has 11 heteroatoms. The van der Waals surface area contributed by atoms with Crippen LogP contribution in [0.15, 0.2) is 0 Å². The van der Waals surface area contributed by atoms with Gasteiger partial charge in [-0.3, -0.25) is 24.0 Å². The van der Waals surface area contributed by atoms with Crippen molar-refractivity contribution >= 4 is 50.9 Å². The van der Waals surface area contributed by atoms with E-state index >= 15 is 0 Å². The van der Waals surface area contributed by atoms with E-state index in [9.17, 15) is 24.0 Å². The van der Waals surface area contributed by atoms with Crippen LogP contribution in [-0.2, 0) is 24.0 Å². The summed E-state index contributed by atoms with van der Waals surface area (Å²) in [4.78, 5) is 58.9. The van der Waals surface area contributed by atoms with Gasteiger partial charge in [0, 0.05) is 51.4 Å². The zero-order chi connectivity index (χ0) is 22.9. The van der Waals surface area contributed by atoms with Crippen LogP contribution in [-0.4, -0.2) is 85.0 Å². The van der Waals surface area contributed by atoms with Gasteiger partial charge in [0.05, 0.1) is 19.1 Å². The third kappa shape index (κ3) is 16.2. The molecule has 30 heavy (non-hydrogen) atoms. The summed E-state index contributed by atoms with van der Waals surface area (Å²) < 4.78 is 0. The summed E-state index contributed by atoms with van der Waals surface area (Å²) >= 11 is 0. The molecule has 0 radical (unpaired) electrons. The third-order valence-corrected chi connectivity index (χ3v) is 6.48. The predicted molar refractivity (Wildman–Crippen MR) is 121 cm³/mol. The van der Waals surface area contributed by atoms with Crippen molar-refractivity contribution in [3.63, 3.8) is 0 Å². The highest BCUT2D eigenvalue weighted by Crippen LogP contribution is 2.21. The number of hydrogen-bond donors (Lipinski definition) is 3. The molecule has 1 atom stereocenters. The molecule has 0 aliphatic rings. The van der Waals surface area contributed by atoms with Crippen molar-refractivity contribution < 1.29 is 24.0 Å². The lowest BCUT2D eigenvalue weighted by Gasteiger charge is -2.17. The molecule has 0 spiro atoms. The minimum atomic E-state index is -0.397. The molecule has 0 aromatic heterocycles. The van der Waals surface area contributed by atoms with Crippen molar-refractivity contribution in [2.24, 2.45) is 0 Å². The maximum absolute atomic E-state index is 12.0. The average molecular weight is 463 g/mol. The fraction of sp³-hybridized carbons (Fsp3) is 0.737. The van der Waals surface area contributed by atoms with E-state index in [2.05, 4.69) is 16.0 Å². The number of carbonyl (C=O) groups excluding carboxylic acids is 5. The zero-order valence-corrected chi connectivity index (χ0v) is 19.9. The Morgan fingerprint density at radius 2 is 1.60 bits per heavy atom. The first kappa shape index (κ1) is 28.4. The summed E-state index contributed by atoms with van der Waals surface area (Å²) in [5.74, 6) is 1.04. The third-order valence-electron chi connectivity index (χ3n) is 3.99. The van der Waals surface area contributed by atoms with Gasteiger partial charge in [0.1, 0.15) is 5.78 Å². The first-order chi connectivity index (χ1) is 14.1. The van der Waals surface area contributed by atoms with Gasteiger partial charge in [-0.05, 0) is 20.3 Å². The summed E-state index contributed by atoms with van der Waals surface area (Å²) in [6, 6.07) is -0.397. The van der Waals surface area contributed by atoms with Crippen LogP contribution < -0.4 is 16.0 Å². The highest BCUT2D eigenvalue weighted by Gasteiger charge is 2.15. The summed E-state index contributed by atoms with van der Waals surface area (Å²) in [5.41, 5.74) is 0. The molecule has 9 nitrogen and oxygen atoms in total. The Hall–Kier alpha value is -1.59. The number of rotatable bonds is 17. The lowest BCUT2D eigenvalue weighted by molar-refractivity contribution is -0.134. The van der Waals surface area contributed by atoms with E-state index in [1.165, 1.54) is 25.8 Å². The minimum absolute atomic E-state index is 0.0264. The number of hydrogen-bond acceptors (Lipinski definition) is 8. The quantitative estimate of drug-likeness (QED) is 0.209. The van der Waals surface area contributed by atoms with Gasteiger partial charge in [-0.2, -0.15) is 0 Å². The number of carbonyl (C=O) groups is 5. The molecule has 0 saturated carbocycles. The normalized spacial score (nSPS) is 11.5. The molecule has 0 heterocycles. The van der Waals surface area contributed by atoms with Gasteiger partial charge in [-0.25, -0.2) is 0 Å². The van der Waals surface area contributed by atoms with Gasteiger partial charge in [0.25, 0.3) is 0 Å². The Labute approximate surface area is 186 Å². The first-order valence-corrected chi connectivity index (χ1v) is 12.4. The fourth-order valence-corrected chi connectivity index (χ4v) is 4.08. The first-order valence-electron chi connectivity index (χ1n) is 9.88.